The molecule has 76 valence electrons. The van der Waals surface area contributed by atoms with Crippen molar-refractivity contribution in [3.8, 4) is 0 Å². The third-order valence-corrected chi connectivity index (χ3v) is 2.26. The van der Waals surface area contributed by atoms with Gasteiger partial charge in [0, 0.05) is 6.61 Å². The summed E-state index contributed by atoms with van der Waals surface area (Å²) in [7, 11) is 0. The summed E-state index contributed by atoms with van der Waals surface area (Å²) in [6.07, 6.45) is 11.8. The molecule has 2 heteroatoms. The van der Waals surface area contributed by atoms with Crippen LogP contribution in [0.15, 0.2) is 0 Å². The summed E-state index contributed by atoms with van der Waals surface area (Å²) < 4.78 is 0. The Bertz CT molecular complexity index is 66.5. The van der Waals surface area contributed by atoms with Gasteiger partial charge in [-0.3, -0.25) is 0 Å². The maximum absolute atomic E-state index is 8.54. The van der Waals surface area contributed by atoms with Gasteiger partial charge in [-0.1, -0.05) is 58.3 Å². The number of hydrogen-bond acceptors (Lipinski definition) is 1. The number of rotatable bonds is 9. The maximum atomic E-state index is 8.54. The Morgan fingerprint density at radius 2 is 1.08 bits per heavy atom. The first-order chi connectivity index (χ1) is 5.91. The van der Waals surface area contributed by atoms with E-state index in [0.29, 0.717) is 6.61 Å². The fourth-order valence-electron chi connectivity index (χ4n) is 1.42. The van der Waals surface area contributed by atoms with Crippen LogP contribution in [0, 0.1) is 0 Å². The van der Waals surface area contributed by atoms with E-state index in [1.165, 1.54) is 51.4 Å². The van der Waals surface area contributed by atoms with Gasteiger partial charge >= 0.3 is 29.6 Å². The van der Waals surface area contributed by atoms with Crippen LogP contribution in [0.25, 0.3) is 0 Å². The van der Waals surface area contributed by atoms with Gasteiger partial charge in [0.2, 0.25) is 0 Å². The van der Waals surface area contributed by atoms with Crippen molar-refractivity contribution in [1.82, 2.24) is 0 Å². The zero-order valence-corrected chi connectivity index (χ0v) is 8.52. The van der Waals surface area contributed by atoms with Crippen LogP contribution < -0.4 is 0 Å². The van der Waals surface area contributed by atoms with Crippen molar-refractivity contribution in [2.24, 2.45) is 0 Å². The van der Waals surface area contributed by atoms with Gasteiger partial charge in [-0.15, -0.1) is 0 Å². The molecule has 0 aromatic rings. The molecular formula is C11H25NaO. The summed E-state index contributed by atoms with van der Waals surface area (Å²) in [5.41, 5.74) is 0. The summed E-state index contributed by atoms with van der Waals surface area (Å²) in [5, 5.41) is 8.54. The second-order valence-corrected chi connectivity index (χ2v) is 3.55. The molecule has 0 rings (SSSR count). The molecule has 1 N–H and O–H groups in total. The molecule has 1 nitrogen and oxygen atoms in total. The Balaban J connectivity index is 0. The fraction of sp³-hybridized carbons (Fsp3) is 1.00. The number of aliphatic hydroxyl groups excluding tert-OH is 1. The third kappa shape index (κ3) is 15.7. The van der Waals surface area contributed by atoms with Crippen LogP contribution >= 0.6 is 0 Å². The molecule has 0 saturated heterocycles. The summed E-state index contributed by atoms with van der Waals surface area (Å²) in [5.74, 6) is 0. The first-order valence-corrected chi connectivity index (χ1v) is 5.52. The van der Waals surface area contributed by atoms with Gasteiger partial charge in [0.1, 0.15) is 0 Å². The molecule has 0 spiro atoms. The molecule has 0 amide bonds. The molecule has 0 aromatic heterocycles. The van der Waals surface area contributed by atoms with Crippen molar-refractivity contribution in [2.75, 3.05) is 6.61 Å². The normalized spacial score (nSPS) is 9.69. The first-order valence-electron chi connectivity index (χ1n) is 5.52. The van der Waals surface area contributed by atoms with E-state index in [2.05, 4.69) is 6.92 Å². The Labute approximate surface area is 106 Å². The van der Waals surface area contributed by atoms with Crippen molar-refractivity contribution in [1.29, 1.82) is 0 Å². The zero-order chi connectivity index (χ0) is 9.07. The molecule has 0 fully saturated rings. The van der Waals surface area contributed by atoms with E-state index in [1.807, 2.05) is 0 Å². The van der Waals surface area contributed by atoms with E-state index < -0.39 is 0 Å². The van der Waals surface area contributed by atoms with Gasteiger partial charge in [-0.05, 0) is 6.42 Å². The molecule has 0 aliphatic rings. The number of unbranched alkanes of at least 4 members (excludes halogenated alkanes) is 8. The van der Waals surface area contributed by atoms with Gasteiger partial charge in [-0.2, -0.15) is 0 Å². The molecule has 0 saturated carbocycles. The van der Waals surface area contributed by atoms with Gasteiger partial charge in [-0.25, -0.2) is 0 Å². The zero-order valence-electron chi connectivity index (χ0n) is 8.52. The van der Waals surface area contributed by atoms with E-state index in [1.54, 1.807) is 0 Å². The van der Waals surface area contributed by atoms with Crippen LogP contribution in [0.4, 0.5) is 0 Å². The minimum absolute atomic E-state index is 0. The standard InChI is InChI=1S/C11H24O.Na.H/c1-2-3-4-5-6-7-8-9-10-11-12;;/h12H,2-11H2,1H3;;. The van der Waals surface area contributed by atoms with Crippen LogP contribution in [0.5, 0.6) is 0 Å². The molecule has 0 radical (unpaired) electrons. The van der Waals surface area contributed by atoms with Crippen LogP contribution in [-0.2, 0) is 0 Å². The molecular weight excluding hydrogens is 171 g/mol. The van der Waals surface area contributed by atoms with E-state index in [0.717, 1.165) is 6.42 Å². The minimum atomic E-state index is 0. The molecule has 0 aliphatic heterocycles. The number of aliphatic hydroxyl groups is 1. The predicted molar refractivity (Wildman–Crippen MR) is 61.5 cm³/mol. The average Bonchev–Trinajstić information content (AvgIpc) is 2.10. The Morgan fingerprint density at radius 1 is 0.692 bits per heavy atom. The third-order valence-electron chi connectivity index (χ3n) is 2.26. The summed E-state index contributed by atoms with van der Waals surface area (Å²) in [6.45, 7) is 2.62. The topological polar surface area (TPSA) is 20.2 Å². The van der Waals surface area contributed by atoms with Crippen molar-refractivity contribution in [2.45, 2.75) is 64.7 Å². The van der Waals surface area contributed by atoms with E-state index in [-0.39, 0.29) is 29.6 Å². The van der Waals surface area contributed by atoms with Gasteiger partial charge < -0.3 is 5.11 Å². The molecule has 0 heterocycles. The van der Waals surface area contributed by atoms with Gasteiger partial charge in [0.25, 0.3) is 0 Å². The molecule has 0 aromatic carbocycles. The Kier molecular flexibility index (Phi) is 19.5. The quantitative estimate of drug-likeness (QED) is 0.444. The first kappa shape index (κ1) is 16.4. The van der Waals surface area contributed by atoms with Crippen LogP contribution in [0.1, 0.15) is 64.7 Å². The van der Waals surface area contributed by atoms with Crippen LogP contribution in [-0.4, -0.2) is 41.3 Å². The Hall–Kier alpha value is 0.960. The summed E-state index contributed by atoms with van der Waals surface area (Å²) in [4.78, 5) is 0. The molecule has 0 atom stereocenters. The van der Waals surface area contributed by atoms with Crippen molar-refractivity contribution < 1.29 is 5.11 Å². The second-order valence-electron chi connectivity index (χ2n) is 3.55. The van der Waals surface area contributed by atoms with Crippen molar-refractivity contribution in [3.63, 3.8) is 0 Å². The van der Waals surface area contributed by atoms with Crippen LogP contribution in [0.3, 0.4) is 0 Å². The average molecular weight is 196 g/mol. The van der Waals surface area contributed by atoms with Crippen molar-refractivity contribution >= 4 is 29.6 Å². The summed E-state index contributed by atoms with van der Waals surface area (Å²) in [6, 6.07) is 0. The Morgan fingerprint density at radius 3 is 1.46 bits per heavy atom. The SMILES string of the molecule is CCCCCCCCCCCO.[NaH]. The second kappa shape index (κ2) is 15.4. The molecule has 0 unspecified atom stereocenters. The van der Waals surface area contributed by atoms with Gasteiger partial charge in [0.05, 0.1) is 0 Å². The van der Waals surface area contributed by atoms with Crippen LogP contribution in [0.2, 0.25) is 0 Å². The van der Waals surface area contributed by atoms with E-state index in [9.17, 15) is 0 Å². The predicted octanol–water partition coefficient (Wildman–Crippen LogP) is 2.86. The van der Waals surface area contributed by atoms with E-state index in [4.69, 9.17) is 5.11 Å². The van der Waals surface area contributed by atoms with E-state index >= 15 is 0 Å². The summed E-state index contributed by atoms with van der Waals surface area (Å²) >= 11 is 0. The van der Waals surface area contributed by atoms with Gasteiger partial charge in [0.15, 0.2) is 0 Å². The molecule has 0 bridgehead atoms. The molecule has 0 aliphatic carbocycles. The number of hydrogen-bond donors (Lipinski definition) is 1. The van der Waals surface area contributed by atoms with Crippen molar-refractivity contribution in [3.05, 3.63) is 0 Å². The monoisotopic (exact) mass is 196 g/mol. The fourth-order valence-corrected chi connectivity index (χ4v) is 1.42. The molecule has 13 heavy (non-hydrogen) atoms.